The van der Waals surface area contributed by atoms with Gasteiger partial charge in [0.15, 0.2) is 0 Å². The number of hydrogen-bond donors (Lipinski definition) is 1. The third kappa shape index (κ3) is 5.47. The Morgan fingerprint density at radius 2 is 1.56 bits per heavy atom. The molecule has 1 N–H and O–H groups in total. The van der Waals surface area contributed by atoms with Crippen molar-refractivity contribution < 1.29 is 4.79 Å². The van der Waals surface area contributed by atoms with Crippen LogP contribution in [-0.4, -0.2) is 5.91 Å². The summed E-state index contributed by atoms with van der Waals surface area (Å²) in [6.07, 6.45) is 3.29. The van der Waals surface area contributed by atoms with Crippen molar-refractivity contribution in [3.63, 3.8) is 0 Å². The van der Waals surface area contributed by atoms with Crippen molar-refractivity contribution in [1.82, 2.24) is 0 Å². The maximum atomic E-state index is 12.3. The maximum absolute atomic E-state index is 12.3. The van der Waals surface area contributed by atoms with Gasteiger partial charge in [-0.3, -0.25) is 4.79 Å². The van der Waals surface area contributed by atoms with Gasteiger partial charge in [0, 0.05) is 6.08 Å². The zero-order valence-corrected chi connectivity index (χ0v) is 15.4. The van der Waals surface area contributed by atoms with Crippen molar-refractivity contribution in [2.24, 2.45) is 10.2 Å². The van der Waals surface area contributed by atoms with Crippen molar-refractivity contribution >= 4 is 29.0 Å². The number of amides is 1. The molecule has 3 rings (SSSR count). The summed E-state index contributed by atoms with van der Waals surface area (Å²) in [5, 5.41) is 11.5. The van der Waals surface area contributed by atoms with Crippen LogP contribution in [0.5, 0.6) is 0 Å². The van der Waals surface area contributed by atoms with Crippen molar-refractivity contribution in [2.75, 3.05) is 5.32 Å². The van der Waals surface area contributed by atoms with Gasteiger partial charge >= 0.3 is 0 Å². The Morgan fingerprint density at radius 3 is 2.30 bits per heavy atom. The van der Waals surface area contributed by atoms with Gasteiger partial charge in [-0.05, 0) is 55.3 Å². The molecule has 4 heteroatoms. The molecule has 0 heterocycles. The molecular weight excluding hydrogens is 334 g/mol. The van der Waals surface area contributed by atoms with Crippen LogP contribution < -0.4 is 5.32 Å². The number of carbonyl (C=O) groups excluding carboxylic acids is 1. The molecule has 0 atom stereocenters. The Balaban J connectivity index is 1.76. The smallest absolute Gasteiger partial charge is 0.248 e. The van der Waals surface area contributed by atoms with Crippen LogP contribution in [0.4, 0.5) is 17.1 Å². The Bertz CT molecular complexity index is 974. The third-order valence-corrected chi connectivity index (χ3v) is 3.94. The zero-order chi connectivity index (χ0) is 19.1. The van der Waals surface area contributed by atoms with E-state index < -0.39 is 0 Å². The topological polar surface area (TPSA) is 53.8 Å². The third-order valence-electron chi connectivity index (χ3n) is 3.94. The predicted molar refractivity (Wildman–Crippen MR) is 111 cm³/mol. The highest BCUT2D eigenvalue weighted by atomic mass is 16.1. The monoisotopic (exact) mass is 355 g/mol. The number of hydrogen-bond acceptors (Lipinski definition) is 3. The summed E-state index contributed by atoms with van der Waals surface area (Å²) in [6.45, 7) is 3.99. The van der Waals surface area contributed by atoms with Crippen molar-refractivity contribution in [1.29, 1.82) is 0 Å². The van der Waals surface area contributed by atoms with Gasteiger partial charge in [-0.25, -0.2) is 0 Å². The van der Waals surface area contributed by atoms with Crippen LogP contribution >= 0.6 is 0 Å². The van der Waals surface area contributed by atoms with E-state index in [2.05, 4.69) is 15.5 Å². The van der Waals surface area contributed by atoms with Gasteiger partial charge in [-0.1, -0.05) is 54.1 Å². The van der Waals surface area contributed by atoms with Crippen LogP contribution in [0.15, 0.2) is 89.1 Å². The van der Waals surface area contributed by atoms with E-state index in [0.717, 1.165) is 16.8 Å². The van der Waals surface area contributed by atoms with E-state index in [1.54, 1.807) is 6.08 Å². The van der Waals surface area contributed by atoms with Gasteiger partial charge in [-0.2, -0.15) is 5.11 Å². The highest BCUT2D eigenvalue weighted by Gasteiger charge is 2.05. The first-order valence-electron chi connectivity index (χ1n) is 8.73. The Labute approximate surface area is 159 Å². The van der Waals surface area contributed by atoms with Crippen LogP contribution in [0.3, 0.4) is 0 Å². The van der Waals surface area contributed by atoms with Crippen LogP contribution in [-0.2, 0) is 4.79 Å². The van der Waals surface area contributed by atoms with Gasteiger partial charge in [-0.15, -0.1) is 5.11 Å². The number of benzene rings is 3. The second kappa shape index (κ2) is 8.72. The molecule has 1 amide bonds. The quantitative estimate of drug-likeness (QED) is 0.419. The molecule has 0 radical (unpaired) electrons. The number of rotatable bonds is 5. The Morgan fingerprint density at radius 1 is 0.852 bits per heavy atom. The number of nitrogens with zero attached hydrogens (tertiary/aromatic N) is 2. The largest absolute Gasteiger partial charge is 0.321 e. The highest BCUT2D eigenvalue weighted by molar-refractivity contribution is 6.03. The molecule has 0 fully saturated rings. The lowest BCUT2D eigenvalue weighted by molar-refractivity contribution is -0.111. The Kier molecular flexibility index (Phi) is 5.90. The zero-order valence-electron chi connectivity index (χ0n) is 15.4. The average Bonchev–Trinajstić information content (AvgIpc) is 2.68. The Hall–Kier alpha value is -3.53. The van der Waals surface area contributed by atoms with Gasteiger partial charge in [0.1, 0.15) is 5.69 Å². The van der Waals surface area contributed by atoms with Gasteiger partial charge in [0.2, 0.25) is 5.91 Å². The van der Waals surface area contributed by atoms with E-state index in [4.69, 9.17) is 0 Å². The fraction of sp³-hybridized carbons (Fsp3) is 0.0870. The summed E-state index contributed by atoms with van der Waals surface area (Å²) in [5.74, 6) is -0.212. The summed E-state index contributed by atoms with van der Waals surface area (Å²) >= 11 is 0. The van der Waals surface area contributed by atoms with Gasteiger partial charge in [0.05, 0.1) is 11.4 Å². The molecule has 134 valence electrons. The van der Waals surface area contributed by atoms with Crippen molar-refractivity contribution in [3.05, 3.63) is 95.6 Å². The van der Waals surface area contributed by atoms with E-state index in [1.165, 1.54) is 11.6 Å². The molecule has 0 aliphatic carbocycles. The molecule has 3 aromatic carbocycles. The minimum atomic E-state index is -0.212. The minimum absolute atomic E-state index is 0.212. The standard InChI is InChI=1S/C23H21N3O/c1-17-8-12-20(13-9-17)25-26-21-14-10-18(2)16-22(21)24-23(27)15-11-19-6-4-3-5-7-19/h3-16H,1-2H3,(H,24,27). The lowest BCUT2D eigenvalue weighted by atomic mass is 10.2. The summed E-state index contributed by atoms with van der Waals surface area (Å²) in [4.78, 5) is 12.3. The normalized spacial score (nSPS) is 11.2. The summed E-state index contributed by atoms with van der Waals surface area (Å²) in [6, 6.07) is 23.2. The first-order chi connectivity index (χ1) is 13.1. The fourth-order valence-electron chi connectivity index (χ4n) is 2.47. The molecule has 27 heavy (non-hydrogen) atoms. The highest BCUT2D eigenvalue weighted by Crippen LogP contribution is 2.28. The average molecular weight is 355 g/mol. The number of anilines is 1. The molecule has 4 nitrogen and oxygen atoms in total. The van der Waals surface area contributed by atoms with E-state index in [9.17, 15) is 4.79 Å². The van der Waals surface area contributed by atoms with Crippen molar-refractivity contribution in [3.8, 4) is 0 Å². The lowest BCUT2D eigenvalue weighted by Crippen LogP contribution is -2.08. The molecular formula is C23H21N3O. The lowest BCUT2D eigenvalue weighted by Gasteiger charge is -2.07. The number of carbonyl (C=O) groups is 1. The van der Waals surface area contributed by atoms with Gasteiger partial charge < -0.3 is 5.32 Å². The molecule has 0 unspecified atom stereocenters. The minimum Gasteiger partial charge on any atom is -0.321 e. The second-order valence-corrected chi connectivity index (χ2v) is 6.29. The van der Waals surface area contributed by atoms with Crippen LogP contribution in [0.2, 0.25) is 0 Å². The van der Waals surface area contributed by atoms with E-state index in [1.807, 2.05) is 86.6 Å². The number of azo groups is 1. The summed E-state index contributed by atoms with van der Waals surface area (Å²) in [5.41, 5.74) is 5.18. The van der Waals surface area contributed by atoms with E-state index >= 15 is 0 Å². The fourth-order valence-corrected chi connectivity index (χ4v) is 2.47. The summed E-state index contributed by atoms with van der Waals surface area (Å²) < 4.78 is 0. The maximum Gasteiger partial charge on any atom is 0.248 e. The second-order valence-electron chi connectivity index (χ2n) is 6.29. The molecule has 0 aliphatic rings. The van der Waals surface area contributed by atoms with E-state index in [-0.39, 0.29) is 5.91 Å². The molecule has 0 saturated carbocycles. The number of aryl methyl sites for hydroxylation is 2. The predicted octanol–water partition coefficient (Wildman–Crippen LogP) is 6.37. The van der Waals surface area contributed by atoms with Crippen molar-refractivity contribution in [2.45, 2.75) is 13.8 Å². The first kappa shape index (κ1) is 18.3. The molecule has 0 aromatic heterocycles. The van der Waals surface area contributed by atoms with Crippen LogP contribution in [0.25, 0.3) is 6.08 Å². The van der Waals surface area contributed by atoms with Crippen LogP contribution in [0, 0.1) is 13.8 Å². The molecule has 0 bridgehead atoms. The van der Waals surface area contributed by atoms with Gasteiger partial charge in [0.25, 0.3) is 0 Å². The van der Waals surface area contributed by atoms with E-state index in [0.29, 0.717) is 11.4 Å². The van der Waals surface area contributed by atoms with Crippen LogP contribution in [0.1, 0.15) is 16.7 Å². The molecule has 3 aromatic rings. The molecule has 0 saturated heterocycles. The molecule has 0 aliphatic heterocycles. The number of nitrogens with one attached hydrogen (secondary N) is 1. The first-order valence-corrected chi connectivity index (χ1v) is 8.73. The SMILES string of the molecule is Cc1ccc(N=Nc2ccc(C)cc2NC(=O)C=Cc2ccccc2)cc1. The summed E-state index contributed by atoms with van der Waals surface area (Å²) in [7, 11) is 0. The molecule has 0 spiro atoms.